The van der Waals surface area contributed by atoms with Crippen molar-refractivity contribution in [1.82, 2.24) is 25.3 Å². The molecule has 0 saturated carbocycles. The summed E-state index contributed by atoms with van der Waals surface area (Å²) < 4.78 is 16.8. The van der Waals surface area contributed by atoms with E-state index >= 15 is 0 Å². The third-order valence-electron chi connectivity index (χ3n) is 5.42. The number of amides is 1. The van der Waals surface area contributed by atoms with Crippen LogP contribution in [0.1, 0.15) is 47.2 Å². The third-order valence-corrected chi connectivity index (χ3v) is 5.42. The van der Waals surface area contributed by atoms with Crippen molar-refractivity contribution < 1.29 is 19.0 Å². The van der Waals surface area contributed by atoms with Gasteiger partial charge in [-0.05, 0) is 38.5 Å². The van der Waals surface area contributed by atoms with Gasteiger partial charge in [-0.2, -0.15) is 0 Å². The molecule has 1 aliphatic heterocycles. The first-order chi connectivity index (χ1) is 16.2. The number of carbonyl (C=O) groups is 1. The molecule has 0 unspecified atom stereocenters. The summed E-state index contributed by atoms with van der Waals surface area (Å²) in [7, 11) is 3.03. The number of carbonyl (C=O) groups excluding carboxylic acids is 1. The Hall–Kier alpha value is -4.15. The van der Waals surface area contributed by atoms with Crippen LogP contribution in [0.25, 0.3) is 11.3 Å². The zero-order valence-electron chi connectivity index (χ0n) is 19.7. The maximum atomic E-state index is 13.0. The molecule has 5 N–H and O–H groups in total. The third kappa shape index (κ3) is 4.24. The number of nitrogens with zero attached hydrogens (tertiary/aromatic N) is 4. The summed E-state index contributed by atoms with van der Waals surface area (Å²) in [6, 6.07) is 3.19. The van der Waals surface area contributed by atoms with Crippen molar-refractivity contribution in [3.63, 3.8) is 0 Å². The largest absolute Gasteiger partial charge is 0.493 e. The van der Waals surface area contributed by atoms with E-state index in [4.69, 9.17) is 25.7 Å². The van der Waals surface area contributed by atoms with Gasteiger partial charge in [0.25, 0.3) is 11.8 Å². The van der Waals surface area contributed by atoms with Crippen LogP contribution in [0.5, 0.6) is 17.4 Å². The predicted molar refractivity (Wildman–Crippen MR) is 126 cm³/mol. The van der Waals surface area contributed by atoms with Crippen molar-refractivity contribution >= 4 is 17.7 Å². The van der Waals surface area contributed by atoms with E-state index in [-0.39, 0.29) is 29.7 Å². The number of aryl methyl sites for hydroxylation is 1. The van der Waals surface area contributed by atoms with E-state index in [0.717, 1.165) is 5.56 Å². The second-order valence-corrected chi connectivity index (χ2v) is 8.13. The van der Waals surface area contributed by atoms with E-state index in [1.165, 1.54) is 7.11 Å². The van der Waals surface area contributed by atoms with Crippen molar-refractivity contribution in [2.75, 3.05) is 25.7 Å². The summed E-state index contributed by atoms with van der Waals surface area (Å²) in [5, 5.41) is 3.05. The molecule has 1 aromatic carbocycles. The summed E-state index contributed by atoms with van der Waals surface area (Å²) in [5.41, 5.74) is 15.2. The molecule has 0 bridgehead atoms. The average molecular weight is 466 g/mol. The molecule has 0 aliphatic carbocycles. The number of hydrogen-bond donors (Lipinski definition) is 3. The van der Waals surface area contributed by atoms with E-state index in [1.807, 2.05) is 26.0 Å². The fourth-order valence-electron chi connectivity index (χ4n) is 4.01. The Kier molecular flexibility index (Phi) is 6.10. The van der Waals surface area contributed by atoms with Crippen LogP contribution in [0.4, 0.5) is 11.8 Å². The molecule has 2 aromatic heterocycles. The number of aromatic nitrogens is 4. The number of anilines is 2. The highest BCUT2D eigenvalue weighted by molar-refractivity contribution is 5.98. The predicted octanol–water partition coefficient (Wildman–Crippen LogP) is 2.24. The maximum Gasteiger partial charge on any atom is 0.257 e. The van der Waals surface area contributed by atoms with Gasteiger partial charge in [-0.25, -0.2) is 19.9 Å². The number of hydrogen-bond acceptors (Lipinski definition) is 10. The van der Waals surface area contributed by atoms with Crippen LogP contribution < -0.4 is 31.0 Å². The Labute approximate surface area is 196 Å². The molecular weight excluding hydrogens is 438 g/mol. The van der Waals surface area contributed by atoms with E-state index < -0.39 is 6.04 Å². The van der Waals surface area contributed by atoms with Gasteiger partial charge >= 0.3 is 0 Å². The van der Waals surface area contributed by atoms with Crippen LogP contribution in [-0.2, 0) is 6.42 Å². The molecule has 0 radical (unpaired) electrons. The minimum Gasteiger partial charge on any atom is -0.493 e. The zero-order chi connectivity index (χ0) is 24.6. The molecule has 0 saturated heterocycles. The number of nitrogens with one attached hydrogen (secondary N) is 1. The smallest absolute Gasteiger partial charge is 0.257 e. The molecule has 11 nitrogen and oxygen atoms in total. The Morgan fingerprint density at radius 1 is 1.09 bits per heavy atom. The zero-order valence-corrected chi connectivity index (χ0v) is 19.7. The molecule has 1 aliphatic rings. The molecule has 1 amide bonds. The van der Waals surface area contributed by atoms with Crippen molar-refractivity contribution in [3.8, 4) is 28.6 Å². The van der Waals surface area contributed by atoms with E-state index in [9.17, 15) is 4.79 Å². The topological polar surface area (TPSA) is 160 Å². The fraction of sp³-hybridized carbons (Fsp3) is 0.348. The number of benzene rings is 1. The van der Waals surface area contributed by atoms with E-state index in [2.05, 4.69) is 25.3 Å². The lowest BCUT2D eigenvalue weighted by Gasteiger charge is -2.28. The van der Waals surface area contributed by atoms with Gasteiger partial charge in [-0.15, -0.1) is 0 Å². The summed E-state index contributed by atoms with van der Waals surface area (Å²) in [6.45, 7) is 5.58. The van der Waals surface area contributed by atoms with E-state index in [1.54, 1.807) is 20.2 Å². The van der Waals surface area contributed by atoms with Gasteiger partial charge in [0.05, 0.1) is 55.2 Å². The second kappa shape index (κ2) is 9.00. The van der Waals surface area contributed by atoms with Crippen molar-refractivity contribution in [2.45, 2.75) is 39.3 Å². The molecule has 178 valence electrons. The van der Waals surface area contributed by atoms with Crippen LogP contribution in [0.15, 0.2) is 18.3 Å². The molecule has 1 atom stereocenters. The molecule has 34 heavy (non-hydrogen) atoms. The van der Waals surface area contributed by atoms with Crippen LogP contribution in [-0.4, -0.2) is 46.2 Å². The number of rotatable bonds is 6. The van der Waals surface area contributed by atoms with Crippen molar-refractivity contribution in [2.24, 2.45) is 0 Å². The van der Waals surface area contributed by atoms with Crippen molar-refractivity contribution in [1.29, 1.82) is 0 Å². The number of nitrogen functional groups attached to an aromatic ring is 2. The first-order valence-corrected chi connectivity index (χ1v) is 10.7. The van der Waals surface area contributed by atoms with E-state index in [0.29, 0.717) is 46.1 Å². The summed E-state index contributed by atoms with van der Waals surface area (Å²) in [5.74, 6) is 1.25. The highest BCUT2D eigenvalue weighted by Crippen LogP contribution is 2.41. The van der Waals surface area contributed by atoms with Gasteiger partial charge in [0.2, 0.25) is 5.95 Å². The highest BCUT2D eigenvalue weighted by atomic mass is 16.5. The number of ether oxygens (including phenoxy) is 3. The quantitative estimate of drug-likeness (QED) is 0.492. The van der Waals surface area contributed by atoms with Gasteiger partial charge in [-0.3, -0.25) is 4.79 Å². The monoisotopic (exact) mass is 465 g/mol. The number of methoxy groups -OCH3 is 2. The SMILES string of the molecule is COc1cc([C@H]2Cc3nc(N)nc(C)c3C(=O)N2)c(-c2cnc(N)c(OC)n2)cc1OC(C)C. The normalized spacial score (nSPS) is 15.0. The Morgan fingerprint density at radius 3 is 2.53 bits per heavy atom. The van der Waals surface area contributed by atoms with Gasteiger partial charge in [0.15, 0.2) is 17.3 Å². The lowest BCUT2D eigenvalue weighted by atomic mass is 9.90. The minimum atomic E-state index is -0.448. The van der Waals surface area contributed by atoms with Gasteiger partial charge < -0.3 is 31.0 Å². The van der Waals surface area contributed by atoms with Gasteiger partial charge in [-0.1, -0.05) is 0 Å². The van der Waals surface area contributed by atoms with Gasteiger partial charge in [0, 0.05) is 12.0 Å². The first-order valence-electron chi connectivity index (χ1n) is 10.7. The standard InChI is InChI=1S/C23H27N7O4/c1-10(2)34-18-7-13(16-9-26-20(24)22(29-16)33-5)12(6-17(18)32-4)14-8-15-19(21(31)28-14)11(3)27-23(25)30-15/h6-7,9-10,14H,8H2,1-5H3,(H2,24,26)(H,28,31)(H2,25,27,30)/t14-/m1/s1. The number of fused-ring (bicyclic) bond motifs is 1. The van der Waals surface area contributed by atoms with Crippen molar-refractivity contribution in [3.05, 3.63) is 40.8 Å². The number of nitrogens with two attached hydrogens (primary N) is 2. The first kappa shape index (κ1) is 23.0. The molecule has 4 rings (SSSR count). The molecular formula is C23H27N7O4. The van der Waals surface area contributed by atoms with Gasteiger partial charge in [0.1, 0.15) is 0 Å². The van der Waals surface area contributed by atoms with Crippen LogP contribution in [0, 0.1) is 6.92 Å². The molecule has 3 heterocycles. The lowest BCUT2D eigenvalue weighted by molar-refractivity contribution is 0.0922. The fourth-order valence-corrected chi connectivity index (χ4v) is 4.01. The summed E-state index contributed by atoms with van der Waals surface area (Å²) in [6.07, 6.45) is 1.85. The highest BCUT2D eigenvalue weighted by Gasteiger charge is 2.32. The second-order valence-electron chi connectivity index (χ2n) is 8.13. The minimum absolute atomic E-state index is 0.0939. The molecule has 0 spiro atoms. The Balaban J connectivity index is 1.90. The average Bonchev–Trinajstić information content (AvgIpc) is 2.78. The van der Waals surface area contributed by atoms with Crippen LogP contribution in [0.2, 0.25) is 0 Å². The van der Waals surface area contributed by atoms with Crippen LogP contribution in [0.3, 0.4) is 0 Å². The lowest BCUT2D eigenvalue weighted by Crippen LogP contribution is -2.37. The Morgan fingerprint density at radius 2 is 1.85 bits per heavy atom. The summed E-state index contributed by atoms with van der Waals surface area (Å²) >= 11 is 0. The van der Waals surface area contributed by atoms with Crippen LogP contribution >= 0.6 is 0 Å². The summed E-state index contributed by atoms with van der Waals surface area (Å²) in [4.78, 5) is 30.2. The molecule has 0 fully saturated rings. The maximum absolute atomic E-state index is 13.0. The molecule has 11 heteroatoms. The Bertz CT molecular complexity index is 1260. The molecule has 3 aromatic rings.